The van der Waals surface area contributed by atoms with Crippen LogP contribution in [0.4, 0.5) is 0 Å². The SMILES string of the molecule is CN=C(NCc1ccnc(OC2CCC(C)CC2)c1)N1CCN(Cc2ccon2)CC1. The molecule has 2 fully saturated rings. The first kappa shape index (κ1) is 21.6. The van der Waals surface area contributed by atoms with Gasteiger partial charge in [-0.25, -0.2) is 4.98 Å². The van der Waals surface area contributed by atoms with Gasteiger partial charge in [-0.1, -0.05) is 12.1 Å². The van der Waals surface area contributed by atoms with Gasteiger partial charge in [-0.2, -0.15) is 0 Å². The molecular weight excluding hydrogens is 392 g/mol. The van der Waals surface area contributed by atoms with Crippen LogP contribution >= 0.6 is 0 Å². The van der Waals surface area contributed by atoms with E-state index in [-0.39, 0.29) is 0 Å². The zero-order chi connectivity index (χ0) is 21.5. The Kier molecular flexibility index (Phi) is 7.40. The topological polar surface area (TPSA) is 79.0 Å². The number of nitrogens with one attached hydrogen (secondary N) is 1. The molecule has 1 saturated heterocycles. The van der Waals surface area contributed by atoms with Crippen LogP contribution in [0.5, 0.6) is 5.88 Å². The van der Waals surface area contributed by atoms with Crippen molar-refractivity contribution in [3.05, 3.63) is 41.9 Å². The number of nitrogens with zero attached hydrogens (tertiary/aromatic N) is 5. The summed E-state index contributed by atoms with van der Waals surface area (Å²) in [6.07, 6.45) is 8.50. The highest BCUT2D eigenvalue weighted by molar-refractivity contribution is 5.80. The van der Waals surface area contributed by atoms with Crippen LogP contribution in [0.2, 0.25) is 0 Å². The molecule has 0 amide bonds. The van der Waals surface area contributed by atoms with E-state index < -0.39 is 0 Å². The summed E-state index contributed by atoms with van der Waals surface area (Å²) >= 11 is 0. The van der Waals surface area contributed by atoms with Crippen LogP contribution in [0.15, 0.2) is 40.2 Å². The number of hydrogen-bond acceptors (Lipinski definition) is 6. The summed E-state index contributed by atoms with van der Waals surface area (Å²) < 4.78 is 11.1. The van der Waals surface area contributed by atoms with E-state index in [0.29, 0.717) is 12.6 Å². The Morgan fingerprint density at radius 3 is 2.71 bits per heavy atom. The molecule has 0 unspecified atom stereocenters. The molecule has 31 heavy (non-hydrogen) atoms. The van der Waals surface area contributed by atoms with Crippen molar-refractivity contribution in [1.29, 1.82) is 0 Å². The van der Waals surface area contributed by atoms with Crippen LogP contribution < -0.4 is 10.1 Å². The minimum absolute atomic E-state index is 0.299. The molecular formula is C23H34N6O2. The summed E-state index contributed by atoms with van der Waals surface area (Å²) in [4.78, 5) is 13.6. The molecule has 2 aromatic rings. The molecule has 1 aliphatic carbocycles. The standard InChI is InChI=1S/C23H34N6O2/c1-18-3-5-21(6-4-18)31-22-15-19(7-9-25-22)16-26-23(24-2)29-12-10-28(11-13-29)17-20-8-14-30-27-20/h7-9,14-15,18,21H,3-6,10-13,16-17H2,1-2H3,(H,24,26). The summed E-state index contributed by atoms with van der Waals surface area (Å²) in [6, 6.07) is 6.01. The third-order valence-corrected chi connectivity index (χ3v) is 6.26. The van der Waals surface area contributed by atoms with E-state index in [1.807, 2.05) is 31.4 Å². The van der Waals surface area contributed by atoms with Gasteiger partial charge in [-0.15, -0.1) is 0 Å². The number of hydrogen-bond donors (Lipinski definition) is 1. The molecule has 0 spiro atoms. The molecule has 8 heteroatoms. The molecule has 2 aliphatic rings. The van der Waals surface area contributed by atoms with E-state index >= 15 is 0 Å². The highest BCUT2D eigenvalue weighted by Crippen LogP contribution is 2.26. The van der Waals surface area contributed by atoms with Gasteiger partial charge in [0.15, 0.2) is 5.96 Å². The Morgan fingerprint density at radius 2 is 2.00 bits per heavy atom. The van der Waals surface area contributed by atoms with Gasteiger partial charge in [-0.05, 0) is 43.2 Å². The predicted octanol–water partition coefficient (Wildman–Crippen LogP) is 2.92. The maximum Gasteiger partial charge on any atom is 0.213 e. The van der Waals surface area contributed by atoms with Gasteiger partial charge < -0.3 is 19.5 Å². The molecule has 1 saturated carbocycles. The molecule has 1 aliphatic heterocycles. The quantitative estimate of drug-likeness (QED) is 0.562. The highest BCUT2D eigenvalue weighted by Gasteiger charge is 2.21. The number of ether oxygens (including phenoxy) is 1. The van der Waals surface area contributed by atoms with Crippen molar-refractivity contribution in [1.82, 2.24) is 25.3 Å². The maximum atomic E-state index is 6.15. The van der Waals surface area contributed by atoms with Gasteiger partial charge in [0.1, 0.15) is 12.4 Å². The molecule has 2 aromatic heterocycles. The van der Waals surface area contributed by atoms with Crippen LogP contribution in [-0.2, 0) is 13.1 Å². The number of pyridine rings is 1. The van der Waals surface area contributed by atoms with Crippen molar-refractivity contribution in [3.8, 4) is 5.88 Å². The van der Waals surface area contributed by atoms with Gasteiger partial charge in [-0.3, -0.25) is 9.89 Å². The van der Waals surface area contributed by atoms with Gasteiger partial charge in [0.25, 0.3) is 0 Å². The zero-order valence-electron chi connectivity index (χ0n) is 18.7. The van der Waals surface area contributed by atoms with Gasteiger partial charge in [0.2, 0.25) is 5.88 Å². The summed E-state index contributed by atoms with van der Waals surface area (Å²) in [5.74, 6) is 2.48. The van der Waals surface area contributed by atoms with Crippen LogP contribution in [-0.4, -0.2) is 65.2 Å². The smallest absolute Gasteiger partial charge is 0.213 e. The lowest BCUT2D eigenvalue weighted by molar-refractivity contribution is 0.130. The fourth-order valence-corrected chi connectivity index (χ4v) is 4.32. The Morgan fingerprint density at radius 1 is 1.19 bits per heavy atom. The summed E-state index contributed by atoms with van der Waals surface area (Å²) in [7, 11) is 1.84. The Hall–Kier alpha value is -2.61. The van der Waals surface area contributed by atoms with Crippen LogP contribution in [0.1, 0.15) is 43.9 Å². The fraction of sp³-hybridized carbons (Fsp3) is 0.609. The third kappa shape index (κ3) is 6.19. The van der Waals surface area contributed by atoms with Crippen LogP contribution in [0.25, 0.3) is 0 Å². The molecule has 0 atom stereocenters. The predicted molar refractivity (Wildman–Crippen MR) is 120 cm³/mol. The fourth-order valence-electron chi connectivity index (χ4n) is 4.32. The molecule has 1 N–H and O–H groups in total. The van der Waals surface area contributed by atoms with Gasteiger partial charge in [0, 0.05) is 64.6 Å². The van der Waals surface area contributed by atoms with E-state index in [0.717, 1.165) is 74.6 Å². The zero-order valence-corrected chi connectivity index (χ0v) is 18.7. The maximum absolute atomic E-state index is 6.15. The summed E-state index contributed by atoms with van der Waals surface area (Å²) in [5.41, 5.74) is 2.13. The minimum atomic E-state index is 0.299. The lowest BCUT2D eigenvalue weighted by Gasteiger charge is -2.36. The van der Waals surface area contributed by atoms with Crippen LogP contribution in [0, 0.1) is 5.92 Å². The Labute approximate surface area is 184 Å². The van der Waals surface area contributed by atoms with E-state index in [1.165, 1.54) is 12.8 Å². The lowest BCUT2D eigenvalue weighted by atomic mass is 9.89. The molecule has 4 rings (SSSR count). The summed E-state index contributed by atoms with van der Waals surface area (Å²) in [5, 5.41) is 7.51. The average Bonchev–Trinajstić information content (AvgIpc) is 3.30. The van der Waals surface area contributed by atoms with Crippen molar-refractivity contribution in [3.63, 3.8) is 0 Å². The second-order valence-corrected chi connectivity index (χ2v) is 8.66. The summed E-state index contributed by atoms with van der Waals surface area (Å²) in [6.45, 7) is 7.67. The highest BCUT2D eigenvalue weighted by atomic mass is 16.5. The number of guanidine groups is 1. The van der Waals surface area contributed by atoms with Crippen molar-refractivity contribution < 1.29 is 9.26 Å². The third-order valence-electron chi connectivity index (χ3n) is 6.26. The molecule has 0 radical (unpaired) electrons. The van der Waals surface area contributed by atoms with Gasteiger partial charge >= 0.3 is 0 Å². The van der Waals surface area contributed by atoms with E-state index in [1.54, 1.807) is 6.26 Å². The number of piperazine rings is 1. The van der Waals surface area contributed by atoms with Gasteiger partial charge in [0.05, 0.1) is 5.69 Å². The first-order valence-electron chi connectivity index (χ1n) is 11.4. The van der Waals surface area contributed by atoms with E-state index in [2.05, 4.69) is 37.2 Å². The number of rotatable bonds is 6. The number of aromatic nitrogens is 2. The molecule has 0 aromatic carbocycles. The van der Waals surface area contributed by atoms with Crippen molar-refractivity contribution in [2.45, 2.75) is 51.8 Å². The number of aliphatic imine (C=N–C) groups is 1. The molecule has 0 bridgehead atoms. The first-order chi connectivity index (χ1) is 15.2. The Bertz CT molecular complexity index is 824. The first-order valence-corrected chi connectivity index (χ1v) is 11.4. The molecule has 3 heterocycles. The van der Waals surface area contributed by atoms with E-state index in [4.69, 9.17) is 9.26 Å². The monoisotopic (exact) mass is 426 g/mol. The van der Waals surface area contributed by atoms with Crippen molar-refractivity contribution >= 4 is 5.96 Å². The van der Waals surface area contributed by atoms with Crippen molar-refractivity contribution in [2.75, 3.05) is 33.2 Å². The second kappa shape index (κ2) is 10.6. The van der Waals surface area contributed by atoms with E-state index in [9.17, 15) is 0 Å². The minimum Gasteiger partial charge on any atom is -0.474 e. The largest absolute Gasteiger partial charge is 0.474 e. The van der Waals surface area contributed by atoms with Crippen LogP contribution in [0.3, 0.4) is 0 Å². The van der Waals surface area contributed by atoms with Crippen molar-refractivity contribution in [2.24, 2.45) is 10.9 Å². The Balaban J connectivity index is 1.24. The average molecular weight is 427 g/mol. The second-order valence-electron chi connectivity index (χ2n) is 8.66. The normalized spacial score (nSPS) is 23.0. The molecule has 8 nitrogen and oxygen atoms in total. The lowest BCUT2D eigenvalue weighted by Crippen LogP contribution is -2.52. The molecule has 168 valence electrons.